The van der Waals surface area contributed by atoms with Crippen LogP contribution in [0, 0.1) is 40.7 Å². The summed E-state index contributed by atoms with van der Waals surface area (Å²) in [6.45, 7) is 0. The molecule has 0 saturated carbocycles. The van der Waals surface area contributed by atoms with Crippen LogP contribution in [0.3, 0.4) is 0 Å². The summed E-state index contributed by atoms with van der Waals surface area (Å²) in [6, 6.07) is 1.75. The van der Waals surface area contributed by atoms with E-state index in [4.69, 9.17) is 0 Å². The molecular weight excluding hydrogens is 357 g/mol. The Bertz CT molecular complexity index is 847. The molecule has 0 N–H and O–H groups in total. The fourth-order valence-corrected chi connectivity index (χ4v) is 2.59. The van der Waals surface area contributed by atoms with Crippen molar-refractivity contribution in [1.29, 1.82) is 0 Å². The molecule has 0 fully saturated rings. The van der Waals surface area contributed by atoms with E-state index in [0.29, 0.717) is 12.1 Å². The summed E-state index contributed by atoms with van der Waals surface area (Å²) in [5.41, 5.74) is 0. The number of benzene rings is 2. The Morgan fingerprint density at radius 2 is 1.09 bits per heavy atom. The maximum atomic E-state index is 13.4. The summed E-state index contributed by atoms with van der Waals surface area (Å²) in [5, 5.41) is 0. The van der Waals surface area contributed by atoms with Crippen LogP contribution in [0.1, 0.15) is 0 Å². The van der Waals surface area contributed by atoms with Crippen molar-refractivity contribution in [1.82, 2.24) is 0 Å². The molecule has 11 heteroatoms. The summed E-state index contributed by atoms with van der Waals surface area (Å²) < 4.78 is 119. The third kappa shape index (κ3) is 2.83. The summed E-state index contributed by atoms with van der Waals surface area (Å²) >= 11 is 0. The van der Waals surface area contributed by atoms with E-state index in [0.717, 1.165) is 6.07 Å². The van der Waals surface area contributed by atoms with E-state index in [-0.39, 0.29) is 0 Å². The molecule has 3 nitrogen and oxygen atoms in total. The van der Waals surface area contributed by atoms with Crippen molar-refractivity contribution >= 4 is 10.1 Å². The second-order valence-electron chi connectivity index (χ2n) is 3.99. The van der Waals surface area contributed by atoms with Gasteiger partial charge in [0.2, 0.25) is 34.8 Å². The first kappa shape index (κ1) is 17.1. The first-order valence-corrected chi connectivity index (χ1v) is 6.88. The van der Waals surface area contributed by atoms with Gasteiger partial charge in [0.25, 0.3) is 0 Å². The minimum Gasteiger partial charge on any atom is -0.372 e. The Morgan fingerprint density at radius 3 is 1.52 bits per heavy atom. The first-order valence-electron chi connectivity index (χ1n) is 5.48. The normalized spacial score (nSPS) is 11.6. The van der Waals surface area contributed by atoms with E-state index in [1.807, 2.05) is 0 Å². The van der Waals surface area contributed by atoms with Crippen molar-refractivity contribution in [3.63, 3.8) is 0 Å². The van der Waals surface area contributed by atoms with Crippen LogP contribution >= 0.6 is 0 Å². The van der Waals surface area contributed by atoms with E-state index in [9.17, 15) is 39.2 Å². The lowest BCUT2D eigenvalue weighted by atomic mass is 10.3. The van der Waals surface area contributed by atoms with Gasteiger partial charge >= 0.3 is 10.1 Å². The minimum absolute atomic E-state index is 0.484. The third-order valence-electron chi connectivity index (χ3n) is 2.53. The Hall–Kier alpha value is -2.30. The van der Waals surface area contributed by atoms with Gasteiger partial charge in [-0.25, -0.2) is 22.0 Å². The lowest BCUT2D eigenvalue weighted by Gasteiger charge is -2.11. The van der Waals surface area contributed by atoms with Crippen molar-refractivity contribution in [3.05, 3.63) is 58.9 Å². The van der Waals surface area contributed by atoms with Gasteiger partial charge in [0.05, 0.1) is 0 Å². The predicted octanol–water partition coefficient (Wildman–Crippen LogP) is 3.43. The van der Waals surface area contributed by atoms with E-state index in [2.05, 4.69) is 4.18 Å². The zero-order valence-electron chi connectivity index (χ0n) is 10.5. The lowest BCUT2D eigenvalue weighted by molar-refractivity contribution is 0.345. The number of hydrogen-bond acceptors (Lipinski definition) is 3. The van der Waals surface area contributed by atoms with Gasteiger partial charge in [-0.3, -0.25) is 0 Å². The van der Waals surface area contributed by atoms with Crippen LogP contribution in [0.15, 0.2) is 23.1 Å². The standard InChI is InChI=1S/C12H3F7O3S/c13-4-2-1-3-5(14)12(4)23(20,21)22-11-9(18)7(16)6(15)8(17)10(11)19/h1-3H. The fraction of sp³-hybridized carbons (Fsp3) is 0. The third-order valence-corrected chi connectivity index (χ3v) is 3.81. The van der Waals surface area contributed by atoms with Crippen molar-refractivity contribution in [2.24, 2.45) is 0 Å². The molecule has 2 rings (SSSR count). The molecule has 0 amide bonds. The minimum atomic E-state index is -5.55. The molecule has 0 saturated heterocycles. The Balaban J connectivity index is 2.64. The van der Waals surface area contributed by atoms with Crippen LogP contribution in [0.4, 0.5) is 30.7 Å². The van der Waals surface area contributed by atoms with Gasteiger partial charge < -0.3 is 4.18 Å². The summed E-state index contributed by atoms with van der Waals surface area (Å²) in [4.78, 5) is -1.75. The lowest BCUT2D eigenvalue weighted by Crippen LogP contribution is -2.17. The van der Waals surface area contributed by atoms with E-state index in [1.54, 1.807) is 0 Å². The van der Waals surface area contributed by atoms with Gasteiger partial charge in [-0.2, -0.15) is 17.2 Å². The average Bonchev–Trinajstić information content (AvgIpc) is 2.47. The van der Waals surface area contributed by atoms with Crippen LogP contribution in [0.5, 0.6) is 5.75 Å². The Kier molecular flexibility index (Phi) is 4.24. The average molecular weight is 360 g/mol. The van der Waals surface area contributed by atoms with E-state index >= 15 is 0 Å². The molecule has 0 unspecified atom stereocenters. The van der Waals surface area contributed by atoms with Crippen LogP contribution < -0.4 is 4.18 Å². The van der Waals surface area contributed by atoms with Gasteiger partial charge in [0, 0.05) is 0 Å². The molecule has 0 bridgehead atoms. The topological polar surface area (TPSA) is 43.4 Å². The second kappa shape index (κ2) is 5.72. The Labute approximate surface area is 124 Å². The highest BCUT2D eigenvalue weighted by Gasteiger charge is 2.33. The van der Waals surface area contributed by atoms with Crippen LogP contribution in [-0.4, -0.2) is 8.42 Å². The Morgan fingerprint density at radius 1 is 0.696 bits per heavy atom. The molecule has 0 aliphatic heterocycles. The van der Waals surface area contributed by atoms with E-state index < -0.39 is 61.5 Å². The summed E-state index contributed by atoms with van der Waals surface area (Å²) in [7, 11) is -5.55. The van der Waals surface area contributed by atoms with Crippen molar-refractivity contribution in [2.75, 3.05) is 0 Å². The SMILES string of the molecule is O=S(=O)(Oc1c(F)c(F)c(F)c(F)c1F)c1c(F)cccc1F. The monoisotopic (exact) mass is 360 g/mol. The second-order valence-corrected chi connectivity index (χ2v) is 5.47. The number of hydrogen-bond donors (Lipinski definition) is 0. The van der Waals surface area contributed by atoms with E-state index in [1.165, 1.54) is 0 Å². The molecule has 0 radical (unpaired) electrons. The molecule has 0 spiro atoms. The number of rotatable bonds is 3. The number of halogens is 7. The quantitative estimate of drug-likeness (QED) is 0.365. The summed E-state index contributed by atoms with van der Waals surface area (Å²) in [6.07, 6.45) is 0. The van der Waals surface area contributed by atoms with Gasteiger partial charge in [-0.1, -0.05) is 6.07 Å². The molecule has 124 valence electrons. The van der Waals surface area contributed by atoms with Crippen molar-refractivity contribution in [2.45, 2.75) is 4.90 Å². The maximum Gasteiger partial charge on any atom is 0.345 e. The molecule has 0 aromatic heterocycles. The molecule has 0 aliphatic carbocycles. The fourth-order valence-electron chi connectivity index (χ4n) is 1.53. The van der Waals surface area contributed by atoms with Crippen molar-refractivity contribution in [3.8, 4) is 5.75 Å². The highest BCUT2D eigenvalue weighted by Crippen LogP contribution is 2.32. The highest BCUT2D eigenvalue weighted by atomic mass is 32.2. The van der Waals surface area contributed by atoms with Gasteiger partial charge in [-0.05, 0) is 12.1 Å². The molecule has 0 heterocycles. The molecule has 2 aromatic carbocycles. The van der Waals surface area contributed by atoms with Gasteiger partial charge in [0.15, 0.2) is 4.90 Å². The molecule has 2 aromatic rings. The van der Waals surface area contributed by atoms with Gasteiger partial charge in [-0.15, -0.1) is 0 Å². The smallest absolute Gasteiger partial charge is 0.345 e. The van der Waals surface area contributed by atoms with Crippen LogP contribution in [0.25, 0.3) is 0 Å². The van der Waals surface area contributed by atoms with Crippen LogP contribution in [0.2, 0.25) is 0 Å². The summed E-state index contributed by atoms with van der Waals surface area (Å²) in [5.74, 6) is -18.3. The van der Waals surface area contributed by atoms with Gasteiger partial charge in [0.1, 0.15) is 11.6 Å². The molecule has 23 heavy (non-hydrogen) atoms. The maximum absolute atomic E-state index is 13.4. The van der Waals surface area contributed by atoms with Crippen LogP contribution in [-0.2, 0) is 10.1 Å². The molecular formula is C12H3F7O3S. The first-order chi connectivity index (χ1) is 10.6. The predicted molar refractivity (Wildman–Crippen MR) is 60.4 cm³/mol. The zero-order valence-corrected chi connectivity index (χ0v) is 11.3. The highest BCUT2D eigenvalue weighted by molar-refractivity contribution is 7.87. The zero-order chi connectivity index (χ0) is 17.5. The molecule has 0 aliphatic rings. The van der Waals surface area contributed by atoms with Crippen molar-refractivity contribution < 1.29 is 43.3 Å². The molecule has 0 atom stereocenters. The largest absolute Gasteiger partial charge is 0.372 e.